The lowest BCUT2D eigenvalue weighted by molar-refractivity contribution is -0.161. The molecule has 6 rings (SSSR count). The average Bonchev–Trinajstić information content (AvgIpc) is 4.03. The Balaban J connectivity index is 1.33. The summed E-state index contributed by atoms with van der Waals surface area (Å²) < 4.78 is 37.9. The number of likely N-dealkylation sites (tertiary alicyclic amines) is 1. The topological polar surface area (TPSA) is 175 Å². The zero-order chi connectivity index (χ0) is 39.2. The second-order valence-electron chi connectivity index (χ2n) is 16.8. The molecule has 1 N–H and O–H groups in total. The second kappa shape index (κ2) is 14.5. The Morgan fingerprint density at radius 3 is 2.41 bits per heavy atom. The van der Waals surface area contributed by atoms with Crippen LogP contribution in [0.15, 0.2) is 61.6 Å². The summed E-state index contributed by atoms with van der Waals surface area (Å²) in [6.45, 7) is 14.6. The molecule has 14 heteroatoms. The van der Waals surface area contributed by atoms with E-state index in [0.29, 0.717) is 29.6 Å². The van der Waals surface area contributed by atoms with E-state index in [2.05, 4.69) is 21.9 Å². The van der Waals surface area contributed by atoms with E-state index in [9.17, 15) is 27.6 Å². The number of ketones is 1. The van der Waals surface area contributed by atoms with Crippen molar-refractivity contribution in [3.8, 4) is 17.3 Å². The minimum absolute atomic E-state index is 0.0227. The van der Waals surface area contributed by atoms with Crippen LogP contribution in [0.25, 0.3) is 22.2 Å². The molecule has 3 aromatic rings. The van der Waals surface area contributed by atoms with Gasteiger partial charge in [-0.25, -0.2) is 13.4 Å². The SMILES string of the molecule is C=C[C@@H]1C[C@]1(NC(=O)[C@@H]1C[C@@H](Oc2nc(-c3cnccn3)cc3ccccc23)CN1C(=O)[C@@H](CC(=O)OC(C)(C)C)C(C)(C)C)C(=O)CS(=O)(=O)C1CC1. The molecule has 13 nitrogen and oxygen atoms in total. The van der Waals surface area contributed by atoms with Crippen LogP contribution >= 0.6 is 0 Å². The predicted molar refractivity (Wildman–Crippen MR) is 202 cm³/mol. The van der Waals surface area contributed by atoms with Crippen LogP contribution in [0.5, 0.6) is 5.88 Å². The van der Waals surface area contributed by atoms with E-state index in [1.165, 1.54) is 4.90 Å². The van der Waals surface area contributed by atoms with E-state index in [1.54, 1.807) is 45.4 Å². The van der Waals surface area contributed by atoms with Crippen LogP contribution in [-0.4, -0.2) is 92.7 Å². The third-order valence-electron chi connectivity index (χ3n) is 10.3. The normalized spacial score (nSPS) is 23.4. The number of esters is 1. The van der Waals surface area contributed by atoms with Gasteiger partial charge in [-0.2, -0.15) is 0 Å². The van der Waals surface area contributed by atoms with Gasteiger partial charge in [-0.05, 0) is 63.0 Å². The Labute approximate surface area is 316 Å². The molecule has 3 fully saturated rings. The van der Waals surface area contributed by atoms with Gasteiger partial charge in [0.05, 0.1) is 36.0 Å². The average molecular weight is 760 g/mol. The summed E-state index contributed by atoms with van der Waals surface area (Å²) in [5, 5.41) is 3.88. The highest BCUT2D eigenvalue weighted by atomic mass is 32.2. The number of nitrogens with one attached hydrogen (secondary N) is 1. The van der Waals surface area contributed by atoms with Crippen LogP contribution in [0.1, 0.15) is 73.6 Å². The summed E-state index contributed by atoms with van der Waals surface area (Å²) in [5.74, 6) is -3.94. The molecule has 0 radical (unpaired) electrons. The Morgan fingerprint density at radius 2 is 1.80 bits per heavy atom. The van der Waals surface area contributed by atoms with Crippen LogP contribution in [0.4, 0.5) is 0 Å². The monoisotopic (exact) mass is 759 g/mol. The van der Waals surface area contributed by atoms with Crippen LogP contribution in [0.2, 0.25) is 0 Å². The fourth-order valence-corrected chi connectivity index (χ4v) is 8.85. The number of sulfone groups is 1. The number of nitrogens with zero attached hydrogens (tertiary/aromatic N) is 4. The third-order valence-corrected chi connectivity index (χ3v) is 12.5. The minimum Gasteiger partial charge on any atom is -0.472 e. The molecule has 1 saturated heterocycles. The number of fused-ring (bicyclic) bond motifs is 1. The second-order valence-corrected chi connectivity index (χ2v) is 19.0. The van der Waals surface area contributed by atoms with Gasteiger partial charge in [-0.3, -0.25) is 29.1 Å². The van der Waals surface area contributed by atoms with Gasteiger partial charge in [0.15, 0.2) is 15.6 Å². The highest BCUT2D eigenvalue weighted by Gasteiger charge is 2.61. The first kappa shape index (κ1) is 39.0. The number of Topliss-reactive ketones (excluding diaryl/α,β-unsaturated/α-hetero) is 1. The molecule has 2 aromatic heterocycles. The van der Waals surface area contributed by atoms with Crippen molar-refractivity contribution in [2.45, 2.75) is 102 Å². The quantitative estimate of drug-likeness (QED) is 0.190. The fourth-order valence-electron chi connectivity index (χ4n) is 7.13. The third kappa shape index (κ3) is 8.48. The van der Waals surface area contributed by atoms with Gasteiger partial charge in [0.25, 0.3) is 0 Å². The Hall–Kier alpha value is -4.72. The largest absolute Gasteiger partial charge is 0.472 e. The van der Waals surface area contributed by atoms with Crippen molar-refractivity contribution in [3.63, 3.8) is 0 Å². The van der Waals surface area contributed by atoms with E-state index >= 15 is 0 Å². The molecular formula is C40H49N5O8S. The van der Waals surface area contributed by atoms with Crippen molar-refractivity contribution in [2.75, 3.05) is 12.3 Å². The van der Waals surface area contributed by atoms with Crippen LogP contribution in [-0.2, 0) is 33.8 Å². The number of carbonyl (C=O) groups excluding carboxylic acids is 4. The molecule has 2 aliphatic carbocycles. The number of hydrogen-bond donors (Lipinski definition) is 1. The zero-order valence-corrected chi connectivity index (χ0v) is 32.5. The standard InChI is InChI=1S/C40H49N5O8S/c1-8-25-20-40(25,33(46)23-54(50,51)27-13-14-27)44-35(48)32-18-26(22-45(32)37(49)29(38(2,3)4)19-34(47)53-39(5,6)7)52-36-28-12-10-9-11-24(28)17-30(43-36)31-21-41-15-16-42-31/h8-12,15-17,21,25-27,29,32H,1,13-14,18-20,22-23H2,2-7H3,(H,44,48)/t25-,26-,29-,32+,40-/m1/s1. The maximum absolute atomic E-state index is 14.7. The van der Waals surface area contributed by atoms with Gasteiger partial charge in [0.2, 0.25) is 17.7 Å². The zero-order valence-electron chi connectivity index (χ0n) is 31.7. The van der Waals surface area contributed by atoms with Gasteiger partial charge < -0.3 is 19.7 Å². The van der Waals surface area contributed by atoms with Gasteiger partial charge in [-0.1, -0.05) is 45.0 Å². The van der Waals surface area contributed by atoms with Crippen molar-refractivity contribution >= 4 is 44.2 Å². The predicted octanol–water partition coefficient (Wildman–Crippen LogP) is 4.64. The lowest BCUT2D eigenvalue weighted by Gasteiger charge is -2.35. The highest BCUT2D eigenvalue weighted by Crippen LogP contribution is 2.46. The van der Waals surface area contributed by atoms with Gasteiger partial charge >= 0.3 is 5.97 Å². The Morgan fingerprint density at radius 1 is 1.07 bits per heavy atom. The van der Waals surface area contributed by atoms with E-state index in [0.717, 1.165) is 5.39 Å². The summed E-state index contributed by atoms with van der Waals surface area (Å²) >= 11 is 0. The molecule has 3 heterocycles. The maximum atomic E-state index is 14.7. The minimum atomic E-state index is -3.66. The number of benzene rings is 1. The number of carbonyl (C=O) groups is 4. The lowest BCUT2D eigenvalue weighted by atomic mass is 9.77. The molecule has 3 aliphatic rings. The summed E-state index contributed by atoms with van der Waals surface area (Å²) in [6.07, 6.45) is 6.60. The lowest BCUT2D eigenvalue weighted by Crippen LogP contribution is -2.55. The number of amides is 2. The van der Waals surface area contributed by atoms with Crippen LogP contribution in [0, 0.1) is 17.3 Å². The van der Waals surface area contributed by atoms with Gasteiger partial charge in [-0.15, -0.1) is 6.58 Å². The molecule has 0 unspecified atom stereocenters. The molecule has 2 saturated carbocycles. The number of rotatable bonds is 13. The van der Waals surface area contributed by atoms with Gasteiger partial charge in [0, 0.05) is 30.1 Å². The highest BCUT2D eigenvalue weighted by molar-refractivity contribution is 7.93. The molecule has 2 amide bonds. The molecule has 0 bridgehead atoms. The van der Waals surface area contributed by atoms with E-state index in [-0.39, 0.29) is 31.7 Å². The van der Waals surface area contributed by atoms with Crippen LogP contribution < -0.4 is 10.1 Å². The summed E-state index contributed by atoms with van der Waals surface area (Å²) in [5.41, 5.74) is -1.88. The molecule has 5 atom stereocenters. The Kier molecular flexibility index (Phi) is 10.5. The molecule has 1 aromatic carbocycles. The molecular weight excluding hydrogens is 711 g/mol. The summed E-state index contributed by atoms with van der Waals surface area (Å²) in [6, 6.07) is 8.29. The van der Waals surface area contributed by atoms with Crippen molar-refractivity contribution in [1.82, 2.24) is 25.2 Å². The summed E-state index contributed by atoms with van der Waals surface area (Å²) in [4.78, 5) is 70.6. The summed E-state index contributed by atoms with van der Waals surface area (Å²) in [7, 11) is -3.66. The number of aromatic nitrogens is 3. The van der Waals surface area contributed by atoms with E-state index in [4.69, 9.17) is 14.5 Å². The smallest absolute Gasteiger partial charge is 0.307 e. The number of hydrogen-bond acceptors (Lipinski definition) is 11. The van der Waals surface area contributed by atoms with E-state index < -0.39 is 84.9 Å². The molecule has 288 valence electrons. The first-order valence-corrected chi connectivity index (χ1v) is 20.1. The first-order valence-electron chi connectivity index (χ1n) is 18.4. The number of pyridine rings is 1. The van der Waals surface area contributed by atoms with Crippen LogP contribution in [0.3, 0.4) is 0 Å². The molecule has 54 heavy (non-hydrogen) atoms. The van der Waals surface area contributed by atoms with Crippen molar-refractivity contribution in [2.24, 2.45) is 17.3 Å². The van der Waals surface area contributed by atoms with E-state index in [1.807, 2.05) is 51.1 Å². The van der Waals surface area contributed by atoms with Crippen molar-refractivity contribution in [1.29, 1.82) is 0 Å². The van der Waals surface area contributed by atoms with Gasteiger partial charge in [0.1, 0.15) is 34.7 Å². The fraction of sp³-hybridized carbons (Fsp3) is 0.525. The Bertz CT molecular complexity index is 2070. The molecule has 0 spiro atoms. The molecule has 1 aliphatic heterocycles. The van der Waals surface area contributed by atoms with Crippen molar-refractivity contribution in [3.05, 3.63) is 61.6 Å². The first-order chi connectivity index (χ1) is 25.3. The van der Waals surface area contributed by atoms with Crippen molar-refractivity contribution < 1.29 is 37.1 Å². The maximum Gasteiger partial charge on any atom is 0.307 e. The number of ether oxygens (including phenoxy) is 2.